The topological polar surface area (TPSA) is 115 Å². The van der Waals surface area contributed by atoms with Gasteiger partial charge < -0.3 is 15.4 Å². The van der Waals surface area contributed by atoms with E-state index in [4.69, 9.17) is 16.3 Å². The van der Waals surface area contributed by atoms with Crippen molar-refractivity contribution in [1.29, 1.82) is 0 Å². The molecule has 1 saturated carbocycles. The average Bonchev–Trinajstić information content (AvgIpc) is 3.35. The lowest BCUT2D eigenvalue weighted by molar-refractivity contribution is -0.154. The minimum atomic E-state index is -4.62. The van der Waals surface area contributed by atoms with Crippen LogP contribution in [0.3, 0.4) is 0 Å². The van der Waals surface area contributed by atoms with Crippen LogP contribution in [0.5, 0.6) is 5.88 Å². The number of hydrogen-bond acceptors (Lipinski definition) is 6. The fraction of sp³-hybridized carbons (Fsp3) is 0.261. The van der Waals surface area contributed by atoms with Gasteiger partial charge >= 0.3 is 6.18 Å². The minimum absolute atomic E-state index is 0.00197. The number of alkyl halides is 3. The van der Waals surface area contributed by atoms with Crippen molar-refractivity contribution in [3.63, 3.8) is 0 Å². The van der Waals surface area contributed by atoms with Crippen LogP contribution in [0.4, 0.5) is 18.9 Å². The Kier molecular flexibility index (Phi) is 6.23. The first-order valence-corrected chi connectivity index (χ1v) is 11.5. The molecule has 0 radical (unpaired) electrons. The molecule has 4 aromatic heterocycles. The Bertz CT molecular complexity index is 1510. The third-order valence-corrected chi connectivity index (χ3v) is 5.78. The van der Waals surface area contributed by atoms with Crippen molar-refractivity contribution in [2.24, 2.45) is 0 Å². The van der Waals surface area contributed by atoms with Crippen molar-refractivity contribution in [2.75, 3.05) is 11.9 Å². The van der Waals surface area contributed by atoms with Crippen molar-refractivity contribution in [2.45, 2.75) is 32.0 Å². The Morgan fingerprint density at radius 3 is 2.68 bits per heavy atom. The summed E-state index contributed by atoms with van der Waals surface area (Å²) in [6.07, 6.45) is 0.00101. The van der Waals surface area contributed by atoms with E-state index in [1.54, 1.807) is 25.1 Å². The molecular weight excluding hydrogens is 515 g/mol. The zero-order valence-electron chi connectivity index (χ0n) is 19.2. The first kappa shape index (κ1) is 24.6. The molecule has 0 aromatic carbocycles. The van der Waals surface area contributed by atoms with Gasteiger partial charge in [-0.3, -0.25) is 9.59 Å². The summed E-state index contributed by atoms with van der Waals surface area (Å²) in [5, 5.41) is 13.9. The quantitative estimate of drug-likeness (QED) is 0.371. The lowest BCUT2D eigenvalue weighted by Gasteiger charge is -2.16. The molecule has 0 atom stereocenters. The predicted molar refractivity (Wildman–Crippen MR) is 126 cm³/mol. The number of amides is 2. The highest BCUT2D eigenvalue weighted by atomic mass is 35.5. The number of carbonyl (C=O) groups is 2. The zero-order valence-corrected chi connectivity index (χ0v) is 20.0. The summed E-state index contributed by atoms with van der Waals surface area (Å²) < 4.78 is 45.3. The van der Waals surface area contributed by atoms with Gasteiger partial charge in [-0.15, -0.1) is 5.10 Å². The standard InChI is InChI=1S/C23H19ClF3N7O3/c1-12-9-14-6-8-29-33(14)19(22(36)30-13-4-5-13)18(12)31-21(35)16-10-17(37-11-23(25,26)27)32-34(16)20-15(24)3-2-7-28-20/h2-3,6-10,13H,4-5,11H2,1H3,(H,30,36)(H,31,35). The van der Waals surface area contributed by atoms with Crippen molar-refractivity contribution in [3.8, 4) is 11.7 Å². The molecule has 0 aliphatic heterocycles. The number of pyridine rings is 2. The van der Waals surface area contributed by atoms with E-state index in [1.165, 1.54) is 23.0 Å². The first-order chi connectivity index (χ1) is 17.6. The summed E-state index contributed by atoms with van der Waals surface area (Å²) in [4.78, 5) is 30.7. The van der Waals surface area contributed by atoms with Crippen LogP contribution in [0.15, 0.2) is 42.7 Å². The van der Waals surface area contributed by atoms with E-state index < -0.39 is 30.5 Å². The van der Waals surface area contributed by atoms with Crippen LogP contribution in [0.25, 0.3) is 11.3 Å². The highest BCUT2D eigenvalue weighted by Gasteiger charge is 2.31. The number of carbonyl (C=O) groups excluding carboxylic acids is 2. The van der Waals surface area contributed by atoms with Gasteiger partial charge in [-0.1, -0.05) is 11.6 Å². The van der Waals surface area contributed by atoms with Gasteiger partial charge in [0.25, 0.3) is 11.8 Å². The smallest absolute Gasteiger partial charge is 0.422 e. The molecule has 1 aliphatic carbocycles. The fourth-order valence-electron chi connectivity index (χ4n) is 3.66. The van der Waals surface area contributed by atoms with Crippen molar-refractivity contribution < 1.29 is 27.5 Å². The normalized spacial score (nSPS) is 13.5. The van der Waals surface area contributed by atoms with Crippen LogP contribution in [0.2, 0.25) is 5.02 Å². The van der Waals surface area contributed by atoms with E-state index in [1.807, 2.05) is 0 Å². The molecule has 2 N–H and O–H groups in total. The third kappa shape index (κ3) is 5.21. The van der Waals surface area contributed by atoms with E-state index in [9.17, 15) is 22.8 Å². The molecule has 4 heterocycles. The fourth-order valence-corrected chi connectivity index (χ4v) is 3.87. The number of fused-ring (bicyclic) bond motifs is 1. The van der Waals surface area contributed by atoms with E-state index in [2.05, 4.69) is 25.8 Å². The second-order valence-corrected chi connectivity index (χ2v) is 8.82. The zero-order chi connectivity index (χ0) is 26.3. The molecule has 0 unspecified atom stereocenters. The summed E-state index contributed by atoms with van der Waals surface area (Å²) in [7, 11) is 0. The van der Waals surface area contributed by atoms with Crippen LogP contribution < -0.4 is 15.4 Å². The molecular formula is C23H19ClF3N7O3. The minimum Gasteiger partial charge on any atom is -0.467 e. The number of nitrogens with one attached hydrogen (secondary N) is 2. The Morgan fingerprint density at radius 1 is 1.19 bits per heavy atom. The molecule has 1 aliphatic rings. The second-order valence-electron chi connectivity index (χ2n) is 8.41. The maximum atomic E-state index is 13.5. The molecule has 10 nitrogen and oxygen atoms in total. The monoisotopic (exact) mass is 533 g/mol. The van der Waals surface area contributed by atoms with Gasteiger partial charge in [-0.05, 0) is 49.6 Å². The number of nitrogens with zero attached hydrogens (tertiary/aromatic N) is 5. The molecule has 0 saturated heterocycles. The van der Waals surface area contributed by atoms with Gasteiger partial charge in [0.1, 0.15) is 5.69 Å². The van der Waals surface area contributed by atoms with Crippen molar-refractivity contribution in [1.82, 2.24) is 29.7 Å². The number of hydrogen-bond donors (Lipinski definition) is 2. The molecule has 0 spiro atoms. The summed E-state index contributed by atoms with van der Waals surface area (Å²) in [6, 6.07) is 7.57. The molecule has 1 fully saturated rings. The van der Waals surface area contributed by atoms with Gasteiger partial charge in [0, 0.05) is 18.3 Å². The summed E-state index contributed by atoms with van der Waals surface area (Å²) in [6.45, 7) is 0.100. The Balaban J connectivity index is 1.55. The van der Waals surface area contributed by atoms with Crippen LogP contribution in [-0.4, -0.2) is 55.0 Å². The van der Waals surface area contributed by atoms with Gasteiger partial charge in [0.15, 0.2) is 18.1 Å². The second kappa shape index (κ2) is 9.39. The molecule has 2 amide bonds. The number of aromatic nitrogens is 5. The largest absolute Gasteiger partial charge is 0.467 e. The van der Waals surface area contributed by atoms with Gasteiger partial charge in [0.05, 0.1) is 22.4 Å². The van der Waals surface area contributed by atoms with E-state index in [0.29, 0.717) is 11.1 Å². The summed E-state index contributed by atoms with van der Waals surface area (Å²) in [5.41, 5.74) is 1.28. The molecule has 5 rings (SSSR count). The number of rotatable bonds is 7. The highest BCUT2D eigenvalue weighted by molar-refractivity contribution is 6.32. The number of aryl methyl sites for hydroxylation is 1. The molecule has 4 aromatic rings. The van der Waals surface area contributed by atoms with Crippen LogP contribution in [-0.2, 0) is 0 Å². The number of ether oxygens (including phenoxy) is 1. The Labute approximate surface area is 212 Å². The van der Waals surface area contributed by atoms with E-state index in [-0.39, 0.29) is 34.0 Å². The lowest BCUT2D eigenvalue weighted by Crippen LogP contribution is -2.30. The number of anilines is 1. The summed E-state index contributed by atoms with van der Waals surface area (Å²) in [5.74, 6) is -1.67. The third-order valence-electron chi connectivity index (χ3n) is 5.49. The Morgan fingerprint density at radius 2 is 1.97 bits per heavy atom. The lowest BCUT2D eigenvalue weighted by atomic mass is 10.1. The van der Waals surface area contributed by atoms with Crippen molar-refractivity contribution >= 4 is 34.6 Å². The first-order valence-electron chi connectivity index (χ1n) is 11.1. The van der Waals surface area contributed by atoms with Gasteiger partial charge in [-0.25, -0.2) is 14.2 Å². The SMILES string of the molecule is Cc1cc2ccnn2c(C(=O)NC2CC2)c1NC(=O)c1cc(OCC(F)(F)F)nn1-c1ncccc1Cl. The number of halogens is 4. The maximum Gasteiger partial charge on any atom is 0.422 e. The van der Waals surface area contributed by atoms with Gasteiger partial charge in [0.2, 0.25) is 5.88 Å². The van der Waals surface area contributed by atoms with Crippen LogP contribution >= 0.6 is 11.6 Å². The van der Waals surface area contributed by atoms with Crippen LogP contribution in [0, 0.1) is 6.92 Å². The molecule has 0 bridgehead atoms. The average molecular weight is 534 g/mol. The van der Waals surface area contributed by atoms with Crippen molar-refractivity contribution in [3.05, 3.63) is 64.7 Å². The van der Waals surface area contributed by atoms with E-state index >= 15 is 0 Å². The predicted octanol–water partition coefficient (Wildman–Crippen LogP) is 3.96. The van der Waals surface area contributed by atoms with Gasteiger partial charge in [-0.2, -0.15) is 18.3 Å². The highest BCUT2D eigenvalue weighted by Crippen LogP contribution is 2.28. The summed E-state index contributed by atoms with van der Waals surface area (Å²) >= 11 is 6.21. The van der Waals surface area contributed by atoms with Crippen LogP contribution in [0.1, 0.15) is 39.4 Å². The molecule has 14 heteroatoms. The molecule has 37 heavy (non-hydrogen) atoms. The Hall–Kier alpha value is -4.13. The maximum absolute atomic E-state index is 13.5. The molecule has 192 valence electrons. The van der Waals surface area contributed by atoms with E-state index in [0.717, 1.165) is 23.6 Å².